The maximum absolute atomic E-state index is 5.11. The number of hydrogen-bond donors (Lipinski definition) is 1. The van der Waals surface area contributed by atoms with Gasteiger partial charge >= 0.3 is 5.13 Å². The standard InChI is InChI=1S/C26H19N3S2/c1-4-12-20(13-5-1)27-25(30-22-16-8-3-9-17-22)28-26-29(21-14-6-2-7-15-21)23-18-10-11-19-24(23)31-26/h1-19H/p+1. The molecule has 0 atom stereocenters. The van der Waals surface area contributed by atoms with Gasteiger partial charge in [-0.25, -0.2) is 0 Å². The quantitative estimate of drug-likeness (QED) is 0.141. The molecule has 0 fully saturated rings. The van der Waals surface area contributed by atoms with Crippen LogP contribution in [-0.2, 0) is 0 Å². The van der Waals surface area contributed by atoms with Crippen molar-refractivity contribution < 1.29 is 4.57 Å². The fourth-order valence-electron chi connectivity index (χ4n) is 3.28. The van der Waals surface area contributed by atoms with E-state index >= 15 is 0 Å². The van der Waals surface area contributed by atoms with Crippen molar-refractivity contribution >= 4 is 49.3 Å². The molecule has 0 aliphatic carbocycles. The number of thiazole rings is 1. The second-order valence-corrected chi connectivity index (χ2v) is 8.92. The van der Waals surface area contributed by atoms with E-state index in [1.165, 1.54) is 4.70 Å². The number of hydrogen-bond acceptors (Lipinski definition) is 3. The molecule has 1 heterocycles. The number of aliphatic imine (C=N–C) groups is 1. The smallest absolute Gasteiger partial charge is 0.313 e. The zero-order valence-electron chi connectivity index (χ0n) is 16.7. The zero-order chi connectivity index (χ0) is 20.9. The highest BCUT2D eigenvalue weighted by Crippen LogP contribution is 2.30. The summed E-state index contributed by atoms with van der Waals surface area (Å²) >= 11 is 3.31. The molecule has 0 aliphatic heterocycles. The minimum Gasteiger partial charge on any atom is -0.313 e. The van der Waals surface area contributed by atoms with Gasteiger partial charge in [-0.05, 0) is 76.6 Å². The molecule has 0 amide bonds. The molecular weight excluding hydrogens is 418 g/mol. The van der Waals surface area contributed by atoms with E-state index in [2.05, 4.69) is 82.7 Å². The van der Waals surface area contributed by atoms with Gasteiger partial charge in [-0.2, -0.15) is 4.57 Å². The first-order chi connectivity index (χ1) is 15.4. The molecule has 31 heavy (non-hydrogen) atoms. The minimum absolute atomic E-state index is 0.827. The second-order valence-electron chi connectivity index (χ2n) is 6.85. The van der Waals surface area contributed by atoms with Gasteiger partial charge in [0.05, 0.1) is 4.70 Å². The molecule has 5 rings (SSSR count). The molecule has 0 bridgehead atoms. The minimum atomic E-state index is 0.827. The topological polar surface area (TPSA) is 28.3 Å². The Morgan fingerprint density at radius 3 is 2.06 bits per heavy atom. The molecule has 4 aromatic carbocycles. The molecule has 0 aliphatic rings. The van der Waals surface area contributed by atoms with Gasteiger partial charge in [0.1, 0.15) is 5.69 Å². The summed E-state index contributed by atoms with van der Waals surface area (Å²) in [5.74, 6) is 0. The number of nitrogens with zero attached hydrogens (tertiary/aromatic N) is 2. The first-order valence-corrected chi connectivity index (χ1v) is 11.6. The molecule has 3 nitrogen and oxygen atoms in total. The van der Waals surface area contributed by atoms with Crippen LogP contribution in [0.4, 0.5) is 10.8 Å². The highest BCUT2D eigenvalue weighted by molar-refractivity contribution is 8.14. The van der Waals surface area contributed by atoms with Gasteiger partial charge in [0.15, 0.2) is 5.52 Å². The van der Waals surface area contributed by atoms with Gasteiger partial charge in [-0.15, -0.1) is 0 Å². The molecule has 0 radical (unpaired) electrons. The maximum Gasteiger partial charge on any atom is 0.391 e. The fraction of sp³-hybridized carbons (Fsp3) is 0. The summed E-state index contributed by atoms with van der Waals surface area (Å²) in [6, 6.07) is 39.3. The van der Waals surface area contributed by atoms with E-state index in [1.54, 1.807) is 23.1 Å². The molecule has 5 heteroatoms. The van der Waals surface area contributed by atoms with Crippen molar-refractivity contribution in [2.75, 3.05) is 5.32 Å². The monoisotopic (exact) mass is 438 g/mol. The number of thioether (sulfide) groups is 1. The highest BCUT2D eigenvalue weighted by atomic mass is 32.2. The molecule has 0 saturated carbocycles. The average Bonchev–Trinajstić information content (AvgIpc) is 3.19. The second kappa shape index (κ2) is 9.16. The van der Waals surface area contributed by atoms with Crippen molar-refractivity contribution in [3.8, 4) is 5.69 Å². The number of amidine groups is 1. The lowest BCUT2D eigenvalue weighted by molar-refractivity contribution is -0.548. The Labute approximate surface area is 189 Å². The highest BCUT2D eigenvalue weighted by Gasteiger charge is 2.22. The number of nitrogens with one attached hydrogen (secondary N) is 1. The van der Waals surface area contributed by atoms with Crippen LogP contribution in [0.25, 0.3) is 15.9 Å². The number of rotatable bonds is 4. The molecule has 1 aromatic heterocycles. The lowest BCUT2D eigenvalue weighted by Gasteiger charge is -2.05. The van der Waals surface area contributed by atoms with Crippen molar-refractivity contribution in [2.45, 2.75) is 4.90 Å². The number of benzene rings is 4. The summed E-state index contributed by atoms with van der Waals surface area (Å²) in [4.78, 5) is 6.25. The van der Waals surface area contributed by atoms with Crippen molar-refractivity contribution in [1.29, 1.82) is 0 Å². The Balaban J connectivity index is 1.64. The summed E-state index contributed by atoms with van der Waals surface area (Å²) in [5.41, 5.74) is 3.26. The van der Waals surface area contributed by atoms with Crippen molar-refractivity contribution in [1.82, 2.24) is 0 Å². The fourth-order valence-corrected chi connectivity index (χ4v) is 5.20. The van der Waals surface area contributed by atoms with Crippen LogP contribution in [0.15, 0.2) is 125 Å². The van der Waals surface area contributed by atoms with Crippen LogP contribution in [0.2, 0.25) is 0 Å². The Hall–Kier alpha value is -3.41. The van der Waals surface area contributed by atoms with E-state index in [0.29, 0.717) is 0 Å². The molecule has 0 spiro atoms. The number of para-hydroxylation sites is 3. The van der Waals surface area contributed by atoms with Crippen molar-refractivity contribution in [2.24, 2.45) is 4.99 Å². The van der Waals surface area contributed by atoms with Gasteiger partial charge in [-0.1, -0.05) is 66.7 Å². The summed E-state index contributed by atoms with van der Waals surface area (Å²) in [6.45, 7) is 0. The first-order valence-electron chi connectivity index (χ1n) is 9.99. The maximum atomic E-state index is 5.11. The summed E-state index contributed by atoms with van der Waals surface area (Å²) in [6.07, 6.45) is 0. The van der Waals surface area contributed by atoms with Crippen LogP contribution < -0.4 is 9.88 Å². The van der Waals surface area contributed by atoms with Gasteiger partial charge in [-0.3, -0.25) is 0 Å². The Morgan fingerprint density at radius 2 is 1.32 bits per heavy atom. The number of fused-ring (bicyclic) bond motifs is 1. The van der Waals surface area contributed by atoms with Crippen molar-refractivity contribution in [3.05, 3.63) is 115 Å². The van der Waals surface area contributed by atoms with Crippen LogP contribution >= 0.6 is 23.1 Å². The van der Waals surface area contributed by atoms with E-state index in [1.807, 2.05) is 42.5 Å². The van der Waals surface area contributed by atoms with Gasteiger partial charge in [0, 0.05) is 10.6 Å². The zero-order valence-corrected chi connectivity index (χ0v) is 18.3. The molecule has 0 saturated heterocycles. The summed E-state index contributed by atoms with van der Waals surface area (Å²) in [7, 11) is 0. The molecule has 5 aromatic rings. The van der Waals surface area contributed by atoms with Crippen LogP contribution in [0.3, 0.4) is 0 Å². The van der Waals surface area contributed by atoms with Crippen molar-refractivity contribution in [3.63, 3.8) is 0 Å². The predicted molar refractivity (Wildman–Crippen MR) is 133 cm³/mol. The van der Waals surface area contributed by atoms with E-state index in [9.17, 15) is 0 Å². The predicted octanol–water partition coefficient (Wildman–Crippen LogP) is 7.07. The van der Waals surface area contributed by atoms with Crippen LogP contribution in [-0.4, -0.2) is 5.17 Å². The molecule has 1 N–H and O–H groups in total. The van der Waals surface area contributed by atoms with E-state index in [0.717, 1.165) is 32.1 Å². The third-order valence-corrected chi connectivity index (χ3v) is 6.61. The molecule has 150 valence electrons. The van der Waals surface area contributed by atoms with Gasteiger partial charge in [0.2, 0.25) is 0 Å². The Morgan fingerprint density at radius 1 is 0.710 bits per heavy atom. The summed E-state index contributed by atoms with van der Waals surface area (Å²) in [5, 5.41) is 5.26. The lowest BCUT2D eigenvalue weighted by atomic mass is 10.3. The SMILES string of the molecule is c1ccc(N/C(=N/c2sc3ccccc3[n+]2-c2ccccc2)Sc2ccccc2)cc1. The largest absolute Gasteiger partial charge is 0.391 e. The third kappa shape index (κ3) is 4.53. The molecular formula is C26H20N3S2+. The van der Waals surface area contributed by atoms with Crippen LogP contribution in [0, 0.1) is 0 Å². The van der Waals surface area contributed by atoms with Gasteiger partial charge in [0.25, 0.3) is 5.17 Å². The van der Waals surface area contributed by atoms with Gasteiger partial charge < -0.3 is 5.32 Å². The number of anilines is 1. The van der Waals surface area contributed by atoms with E-state index < -0.39 is 0 Å². The summed E-state index contributed by atoms with van der Waals surface area (Å²) < 4.78 is 3.42. The normalized spacial score (nSPS) is 11.5. The average molecular weight is 439 g/mol. The van der Waals surface area contributed by atoms with Crippen LogP contribution in [0.1, 0.15) is 0 Å². The lowest BCUT2D eigenvalue weighted by Crippen LogP contribution is -2.29. The van der Waals surface area contributed by atoms with Crippen LogP contribution in [0.5, 0.6) is 0 Å². The Bertz CT molecular complexity index is 1270. The van der Waals surface area contributed by atoms with E-state index in [4.69, 9.17) is 4.99 Å². The first kappa shape index (κ1) is 19.5. The third-order valence-electron chi connectivity index (χ3n) is 4.69. The Kier molecular flexibility index (Phi) is 5.78. The molecule has 0 unspecified atom stereocenters. The number of aromatic nitrogens is 1. The van der Waals surface area contributed by atoms with E-state index in [-0.39, 0.29) is 0 Å².